The van der Waals surface area contributed by atoms with Crippen LogP contribution in [0.1, 0.15) is 25.6 Å². The third-order valence-corrected chi connectivity index (χ3v) is 3.91. The second-order valence-corrected chi connectivity index (χ2v) is 5.95. The Hall–Kier alpha value is -1.41. The largest absolute Gasteiger partial charge is 0.352 e. The molecule has 1 fully saturated rings. The van der Waals surface area contributed by atoms with Crippen molar-refractivity contribution in [3.63, 3.8) is 0 Å². The zero-order chi connectivity index (χ0) is 13.2. The highest BCUT2D eigenvalue weighted by molar-refractivity contribution is 7.89. The number of sulfonamides is 1. The lowest BCUT2D eigenvalue weighted by Gasteiger charge is -2.05. The number of nitrogens with zero attached hydrogens (tertiary/aromatic N) is 1. The highest BCUT2D eigenvalue weighted by Crippen LogP contribution is 2.18. The van der Waals surface area contributed by atoms with E-state index in [1.165, 1.54) is 6.20 Å². The maximum Gasteiger partial charge on any atom is 0.258 e. The molecule has 0 unspecified atom stereocenters. The van der Waals surface area contributed by atoms with Crippen molar-refractivity contribution in [2.75, 3.05) is 6.54 Å². The van der Waals surface area contributed by atoms with Gasteiger partial charge in [-0.2, -0.15) is 0 Å². The Bertz CT molecular complexity index is 533. The van der Waals surface area contributed by atoms with Crippen LogP contribution >= 0.6 is 0 Å². The van der Waals surface area contributed by atoms with Gasteiger partial charge in [-0.25, -0.2) is 18.1 Å². The van der Waals surface area contributed by atoms with E-state index in [2.05, 4.69) is 20.0 Å². The Labute approximate surface area is 105 Å². The monoisotopic (exact) mass is 272 g/mol. The molecule has 2 rings (SSSR count). The van der Waals surface area contributed by atoms with E-state index >= 15 is 0 Å². The van der Waals surface area contributed by atoms with Crippen molar-refractivity contribution in [2.45, 2.75) is 37.3 Å². The average molecular weight is 272 g/mol. The van der Waals surface area contributed by atoms with Crippen LogP contribution in [-0.4, -0.2) is 36.9 Å². The van der Waals surface area contributed by atoms with E-state index in [0.717, 1.165) is 12.8 Å². The predicted molar refractivity (Wildman–Crippen MR) is 64.3 cm³/mol. The van der Waals surface area contributed by atoms with Gasteiger partial charge in [-0.05, 0) is 12.8 Å². The summed E-state index contributed by atoms with van der Waals surface area (Å²) in [6.07, 6.45) is 3.81. The number of aryl methyl sites for hydroxylation is 1. The zero-order valence-electron chi connectivity index (χ0n) is 10.1. The number of H-pyrrole nitrogens is 1. The minimum Gasteiger partial charge on any atom is -0.352 e. The minimum atomic E-state index is -3.69. The molecule has 1 aliphatic carbocycles. The number of carbonyl (C=O) groups is 1. The molecule has 0 atom stereocenters. The summed E-state index contributed by atoms with van der Waals surface area (Å²) in [7, 11) is -3.69. The van der Waals surface area contributed by atoms with Crippen LogP contribution in [0, 0.1) is 0 Å². The van der Waals surface area contributed by atoms with Crippen molar-refractivity contribution in [3.8, 4) is 0 Å². The van der Waals surface area contributed by atoms with Gasteiger partial charge in [-0.3, -0.25) is 4.79 Å². The van der Waals surface area contributed by atoms with Crippen molar-refractivity contribution in [1.29, 1.82) is 0 Å². The molecular formula is C10H16N4O3S. The molecule has 3 N–H and O–H groups in total. The van der Waals surface area contributed by atoms with Crippen LogP contribution in [0.4, 0.5) is 0 Å². The van der Waals surface area contributed by atoms with Crippen LogP contribution in [0.15, 0.2) is 11.2 Å². The number of hydrogen-bond acceptors (Lipinski definition) is 4. The summed E-state index contributed by atoms with van der Waals surface area (Å²) in [5.74, 6) is 0.286. The molecule has 18 heavy (non-hydrogen) atoms. The van der Waals surface area contributed by atoms with Gasteiger partial charge in [0.05, 0.1) is 12.7 Å². The quantitative estimate of drug-likeness (QED) is 0.651. The van der Waals surface area contributed by atoms with Gasteiger partial charge in [-0.1, -0.05) is 6.92 Å². The fraction of sp³-hybridized carbons (Fsp3) is 0.600. The lowest BCUT2D eigenvalue weighted by Crippen LogP contribution is -2.37. The van der Waals surface area contributed by atoms with Gasteiger partial charge in [-0.15, -0.1) is 0 Å². The first-order valence-corrected chi connectivity index (χ1v) is 7.32. The topological polar surface area (TPSA) is 104 Å². The van der Waals surface area contributed by atoms with E-state index in [1.54, 1.807) is 0 Å². The lowest BCUT2D eigenvalue weighted by molar-refractivity contribution is -0.120. The fourth-order valence-electron chi connectivity index (χ4n) is 1.40. The number of aromatic nitrogens is 2. The number of amides is 1. The van der Waals surface area contributed by atoms with E-state index in [1.807, 2.05) is 6.92 Å². The molecule has 1 aliphatic rings. The van der Waals surface area contributed by atoms with Gasteiger partial charge >= 0.3 is 0 Å². The Kier molecular flexibility index (Phi) is 3.67. The van der Waals surface area contributed by atoms with Gasteiger partial charge in [0, 0.05) is 12.5 Å². The molecule has 0 aliphatic heterocycles. The molecular weight excluding hydrogens is 256 g/mol. The first-order chi connectivity index (χ1) is 8.51. The van der Waals surface area contributed by atoms with Crippen LogP contribution in [0.3, 0.4) is 0 Å². The number of imidazole rings is 1. The Morgan fingerprint density at radius 3 is 2.83 bits per heavy atom. The van der Waals surface area contributed by atoms with Gasteiger partial charge in [0.15, 0.2) is 5.03 Å². The molecule has 1 aromatic rings. The van der Waals surface area contributed by atoms with Crippen molar-refractivity contribution in [1.82, 2.24) is 20.0 Å². The van der Waals surface area contributed by atoms with Crippen LogP contribution in [0.25, 0.3) is 0 Å². The van der Waals surface area contributed by atoms with Crippen LogP contribution in [-0.2, 0) is 21.2 Å². The van der Waals surface area contributed by atoms with E-state index in [9.17, 15) is 13.2 Å². The minimum absolute atomic E-state index is 0.0152. The SMILES string of the molecule is CCc1ncc(S(=O)(=O)NCC(=O)NC2CC2)[nH]1. The molecule has 1 saturated carbocycles. The van der Waals surface area contributed by atoms with Crippen molar-refractivity contribution >= 4 is 15.9 Å². The summed E-state index contributed by atoms with van der Waals surface area (Å²) in [6.45, 7) is 1.62. The molecule has 0 bridgehead atoms. The Morgan fingerprint density at radius 1 is 1.56 bits per heavy atom. The van der Waals surface area contributed by atoms with E-state index in [-0.39, 0.29) is 23.5 Å². The third-order valence-electron chi connectivity index (χ3n) is 2.59. The first-order valence-electron chi connectivity index (χ1n) is 5.84. The Balaban J connectivity index is 1.91. The maximum atomic E-state index is 11.8. The summed E-state index contributed by atoms with van der Waals surface area (Å²) in [4.78, 5) is 18.0. The standard InChI is InChI=1S/C10H16N4O3S/c1-2-8-11-6-10(14-8)18(16,17)12-5-9(15)13-7-3-4-7/h6-7,12H,2-5H2,1H3,(H,11,14)(H,13,15). The van der Waals surface area contributed by atoms with Crippen molar-refractivity contribution in [3.05, 3.63) is 12.0 Å². The highest BCUT2D eigenvalue weighted by atomic mass is 32.2. The van der Waals surface area contributed by atoms with Gasteiger partial charge < -0.3 is 10.3 Å². The second-order valence-electron chi connectivity index (χ2n) is 4.21. The summed E-state index contributed by atoms with van der Waals surface area (Å²) in [6, 6.07) is 0.223. The molecule has 0 saturated heterocycles. The molecule has 0 radical (unpaired) electrons. The molecule has 0 spiro atoms. The molecule has 0 aromatic carbocycles. The normalized spacial score (nSPS) is 15.6. The first kappa shape index (κ1) is 13.0. The highest BCUT2D eigenvalue weighted by Gasteiger charge is 2.24. The molecule has 100 valence electrons. The molecule has 7 nitrogen and oxygen atoms in total. The van der Waals surface area contributed by atoms with Crippen LogP contribution in [0.5, 0.6) is 0 Å². The third kappa shape index (κ3) is 3.30. The number of rotatable bonds is 6. The second kappa shape index (κ2) is 5.07. The van der Waals surface area contributed by atoms with Gasteiger partial charge in [0.25, 0.3) is 10.0 Å². The summed E-state index contributed by atoms with van der Waals surface area (Å²) in [5.41, 5.74) is 0. The summed E-state index contributed by atoms with van der Waals surface area (Å²) in [5, 5.41) is 2.69. The van der Waals surface area contributed by atoms with E-state index in [4.69, 9.17) is 0 Å². The average Bonchev–Trinajstić information content (AvgIpc) is 2.99. The smallest absolute Gasteiger partial charge is 0.258 e. The van der Waals surface area contributed by atoms with Gasteiger partial charge in [0.2, 0.25) is 5.91 Å². The fourth-order valence-corrected chi connectivity index (χ4v) is 2.32. The lowest BCUT2D eigenvalue weighted by atomic mass is 10.5. The van der Waals surface area contributed by atoms with E-state index < -0.39 is 10.0 Å². The zero-order valence-corrected chi connectivity index (χ0v) is 10.9. The number of aromatic amines is 1. The number of carbonyl (C=O) groups excluding carboxylic acids is 1. The Morgan fingerprint density at radius 2 is 2.28 bits per heavy atom. The van der Waals surface area contributed by atoms with Crippen molar-refractivity contribution < 1.29 is 13.2 Å². The molecule has 1 aromatic heterocycles. The molecule has 1 heterocycles. The van der Waals surface area contributed by atoms with Crippen LogP contribution in [0.2, 0.25) is 0 Å². The molecule has 8 heteroatoms. The molecule has 1 amide bonds. The van der Waals surface area contributed by atoms with Crippen LogP contribution < -0.4 is 10.0 Å². The number of nitrogens with one attached hydrogen (secondary N) is 3. The number of hydrogen-bond donors (Lipinski definition) is 3. The maximum absolute atomic E-state index is 11.8. The van der Waals surface area contributed by atoms with Gasteiger partial charge in [0.1, 0.15) is 5.82 Å². The summed E-state index contributed by atoms with van der Waals surface area (Å²) >= 11 is 0. The van der Waals surface area contributed by atoms with Crippen molar-refractivity contribution in [2.24, 2.45) is 0 Å². The predicted octanol–water partition coefficient (Wildman–Crippen LogP) is -0.471. The summed E-state index contributed by atoms with van der Waals surface area (Å²) < 4.78 is 25.8. The van der Waals surface area contributed by atoms with E-state index in [0.29, 0.717) is 12.2 Å².